The number of H-pyrrole nitrogens is 1. The van der Waals surface area contributed by atoms with Crippen molar-refractivity contribution in [3.05, 3.63) is 35.7 Å². The van der Waals surface area contributed by atoms with E-state index in [1.165, 1.54) is 0 Å². The van der Waals surface area contributed by atoms with Gasteiger partial charge in [-0.15, -0.1) is 0 Å². The summed E-state index contributed by atoms with van der Waals surface area (Å²) in [4.78, 5) is 15.3. The summed E-state index contributed by atoms with van der Waals surface area (Å²) in [5, 5.41) is 3.07. The normalized spacial score (nSPS) is 14.2. The van der Waals surface area contributed by atoms with Gasteiger partial charge < -0.3 is 10.3 Å². The number of hydrogen-bond donors (Lipinski definition) is 2. The van der Waals surface area contributed by atoms with E-state index in [0.717, 1.165) is 23.2 Å². The average molecular weight is 274 g/mol. The first-order chi connectivity index (χ1) is 9.53. The third-order valence-corrected chi connectivity index (χ3v) is 3.81. The standard InChI is InChI=1S/C17H26N2O/c1-6-9-16-15(8-3)14(11-18-16)10-17(20)19-13(5)12(4)7-2/h6,8-9,11-13,18H,3,7,10H2,1-2,4-5H3,(H,19,20)/b9-6-/t12-,13?/m0/s1. The summed E-state index contributed by atoms with van der Waals surface area (Å²) in [7, 11) is 0. The zero-order valence-electron chi connectivity index (χ0n) is 13.0. The van der Waals surface area contributed by atoms with Crippen molar-refractivity contribution in [3.63, 3.8) is 0 Å². The van der Waals surface area contributed by atoms with Gasteiger partial charge in [-0.25, -0.2) is 0 Å². The van der Waals surface area contributed by atoms with Crippen molar-refractivity contribution >= 4 is 18.1 Å². The van der Waals surface area contributed by atoms with Gasteiger partial charge in [-0.3, -0.25) is 4.79 Å². The molecule has 0 fully saturated rings. The van der Waals surface area contributed by atoms with Crippen LogP contribution in [0.1, 0.15) is 50.9 Å². The summed E-state index contributed by atoms with van der Waals surface area (Å²) in [6.45, 7) is 12.1. The van der Waals surface area contributed by atoms with E-state index < -0.39 is 0 Å². The van der Waals surface area contributed by atoms with E-state index in [0.29, 0.717) is 12.3 Å². The van der Waals surface area contributed by atoms with Crippen LogP contribution in [0.25, 0.3) is 12.2 Å². The number of aromatic amines is 1. The van der Waals surface area contributed by atoms with Gasteiger partial charge in [0.25, 0.3) is 0 Å². The number of hydrogen-bond acceptors (Lipinski definition) is 1. The summed E-state index contributed by atoms with van der Waals surface area (Å²) in [5.74, 6) is 0.551. The topological polar surface area (TPSA) is 44.9 Å². The van der Waals surface area contributed by atoms with Gasteiger partial charge in [0, 0.05) is 23.5 Å². The molecule has 1 amide bonds. The van der Waals surface area contributed by atoms with Gasteiger partial charge >= 0.3 is 0 Å². The smallest absolute Gasteiger partial charge is 0.224 e. The summed E-state index contributed by atoms with van der Waals surface area (Å²) < 4.78 is 0. The molecule has 0 aliphatic heterocycles. The highest BCUT2D eigenvalue weighted by molar-refractivity contribution is 5.81. The van der Waals surface area contributed by atoms with Crippen LogP contribution in [-0.4, -0.2) is 16.9 Å². The van der Waals surface area contributed by atoms with E-state index >= 15 is 0 Å². The molecular weight excluding hydrogens is 248 g/mol. The van der Waals surface area contributed by atoms with Crippen molar-refractivity contribution in [1.82, 2.24) is 10.3 Å². The molecule has 1 aromatic heterocycles. The van der Waals surface area contributed by atoms with E-state index in [4.69, 9.17) is 0 Å². The molecule has 2 N–H and O–H groups in total. The SMILES string of the molecule is C=Cc1c(CC(=O)NC(C)[C@@H](C)CC)c[nH]c1/C=C\C. The number of carbonyl (C=O) groups excluding carboxylic acids is 1. The first-order valence-corrected chi connectivity index (χ1v) is 7.28. The molecule has 0 bridgehead atoms. The van der Waals surface area contributed by atoms with Crippen LogP contribution in [0.3, 0.4) is 0 Å². The Morgan fingerprint density at radius 2 is 2.20 bits per heavy atom. The molecule has 0 saturated heterocycles. The lowest BCUT2D eigenvalue weighted by Crippen LogP contribution is -2.37. The summed E-state index contributed by atoms with van der Waals surface area (Å²) in [5.41, 5.74) is 3.00. The Morgan fingerprint density at radius 1 is 1.50 bits per heavy atom. The Bertz CT molecular complexity index is 485. The van der Waals surface area contributed by atoms with Crippen LogP contribution in [0, 0.1) is 5.92 Å². The number of aromatic nitrogens is 1. The van der Waals surface area contributed by atoms with Gasteiger partial charge in [0.1, 0.15) is 0 Å². The van der Waals surface area contributed by atoms with Crippen LogP contribution in [0.2, 0.25) is 0 Å². The molecule has 0 spiro atoms. The molecule has 3 heteroatoms. The fraction of sp³-hybridized carbons (Fsp3) is 0.471. The van der Waals surface area contributed by atoms with E-state index in [2.05, 4.69) is 37.7 Å². The van der Waals surface area contributed by atoms with Crippen LogP contribution < -0.4 is 5.32 Å². The van der Waals surface area contributed by atoms with Gasteiger partial charge in [-0.05, 0) is 31.4 Å². The van der Waals surface area contributed by atoms with Crippen molar-refractivity contribution in [2.75, 3.05) is 0 Å². The molecule has 1 rings (SSSR count). The minimum absolute atomic E-state index is 0.0620. The first-order valence-electron chi connectivity index (χ1n) is 7.28. The second-order valence-electron chi connectivity index (χ2n) is 5.26. The molecular formula is C17H26N2O. The van der Waals surface area contributed by atoms with E-state index in [1.54, 1.807) is 6.08 Å². The lowest BCUT2D eigenvalue weighted by Gasteiger charge is -2.19. The van der Waals surface area contributed by atoms with Gasteiger partial charge in [-0.1, -0.05) is 39.0 Å². The fourth-order valence-electron chi connectivity index (χ4n) is 2.16. The zero-order valence-corrected chi connectivity index (χ0v) is 13.0. The Balaban J connectivity index is 2.73. The fourth-order valence-corrected chi connectivity index (χ4v) is 2.16. The van der Waals surface area contributed by atoms with Crippen molar-refractivity contribution in [2.45, 2.75) is 46.6 Å². The highest BCUT2D eigenvalue weighted by atomic mass is 16.1. The van der Waals surface area contributed by atoms with E-state index in [-0.39, 0.29) is 11.9 Å². The van der Waals surface area contributed by atoms with Crippen molar-refractivity contribution in [3.8, 4) is 0 Å². The molecule has 1 heterocycles. The monoisotopic (exact) mass is 274 g/mol. The van der Waals surface area contributed by atoms with Gasteiger partial charge in [0.2, 0.25) is 5.91 Å². The molecule has 1 unspecified atom stereocenters. The minimum Gasteiger partial charge on any atom is -0.361 e. The predicted molar refractivity (Wildman–Crippen MR) is 86.4 cm³/mol. The number of allylic oxidation sites excluding steroid dienone is 1. The van der Waals surface area contributed by atoms with E-state index in [9.17, 15) is 4.79 Å². The Hall–Kier alpha value is -1.77. The number of carbonyl (C=O) groups is 1. The molecule has 0 aliphatic carbocycles. The predicted octanol–water partition coefficient (Wildman–Crippen LogP) is 3.78. The molecule has 0 aromatic carbocycles. The first kappa shape index (κ1) is 16.3. The lowest BCUT2D eigenvalue weighted by molar-refractivity contribution is -0.121. The quantitative estimate of drug-likeness (QED) is 0.780. The minimum atomic E-state index is 0.0620. The third kappa shape index (κ3) is 4.12. The number of amides is 1. The average Bonchev–Trinajstić information content (AvgIpc) is 2.79. The summed E-state index contributed by atoms with van der Waals surface area (Å²) in [6, 6.07) is 0.202. The highest BCUT2D eigenvalue weighted by Crippen LogP contribution is 2.18. The largest absolute Gasteiger partial charge is 0.361 e. The summed E-state index contributed by atoms with van der Waals surface area (Å²) in [6.07, 6.45) is 9.09. The molecule has 1 aromatic rings. The van der Waals surface area contributed by atoms with Crippen LogP contribution in [0.15, 0.2) is 18.9 Å². The lowest BCUT2D eigenvalue weighted by atomic mass is 10.0. The molecule has 2 atom stereocenters. The summed E-state index contributed by atoms with van der Waals surface area (Å²) >= 11 is 0. The maximum absolute atomic E-state index is 12.1. The maximum Gasteiger partial charge on any atom is 0.224 e. The number of rotatable bonds is 7. The third-order valence-electron chi connectivity index (χ3n) is 3.81. The molecule has 110 valence electrons. The molecule has 3 nitrogen and oxygen atoms in total. The second kappa shape index (κ2) is 7.73. The Morgan fingerprint density at radius 3 is 2.75 bits per heavy atom. The van der Waals surface area contributed by atoms with Crippen molar-refractivity contribution in [1.29, 1.82) is 0 Å². The molecule has 0 saturated carbocycles. The van der Waals surface area contributed by atoms with Crippen LogP contribution >= 0.6 is 0 Å². The van der Waals surface area contributed by atoms with Gasteiger partial charge in [-0.2, -0.15) is 0 Å². The van der Waals surface area contributed by atoms with Crippen LogP contribution in [0.5, 0.6) is 0 Å². The molecule has 0 aliphatic rings. The number of nitrogens with one attached hydrogen (secondary N) is 2. The van der Waals surface area contributed by atoms with Crippen LogP contribution in [0.4, 0.5) is 0 Å². The van der Waals surface area contributed by atoms with E-state index in [1.807, 2.05) is 25.3 Å². The molecule has 0 radical (unpaired) electrons. The van der Waals surface area contributed by atoms with Crippen molar-refractivity contribution in [2.24, 2.45) is 5.92 Å². The maximum atomic E-state index is 12.1. The molecule has 20 heavy (non-hydrogen) atoms. The Labute approximate surface area is 122 Å². The zero-order chi connectivity index (χ0) is 15.1. The van der Waals surface area contributed by atoms with Crippen LogP contribution in [-0.2, 0) is 11.2 Å². The van der Waals surface area contributed by atoms with Gasteiger partial charge in [0.15, 0.2) is 0 Å². The Kier molecular flexibility index (Phi) is 6.29. The second-order valence-corrected chi connectivity index (χ2v) is 5.26. The highest BCUT2D eigenvalue weighted by Gasteiger charge is 2.15. The van der Waals surface area contributed by atoms with Gasteiger partial charge in [0.05, 0.1) is 6.42 Å². The van der Waals surface area contributed by atoms with Crippen molar-refractivity contribution < 1.29 is 4.79 Å².